The van der Waals surface area contributed by atoms with E-state index in [4.69, 9.17) is 5.11 Å². The van der Waals surface area contributed by atoms with Gasteiger partial charge in [-0.15, -0.1) is 0 Å². The molecule has 1 saturated heterocycles. The van der Waals surface area contributed by atoms with Gasteiger partial charge in [-0.3, -0.25) is 4.79 Å². The molecule has 3 heteroatoms. The van der Waals surface area contributed by atoms with E-state index in [9.17, 15) is 4.79 Å². The smallest absolute Gasteiger partial charge is 0.304 e. The molecule has 0 spiro atoms. The highest BCUT2D eigenvalue weighted by Crippen LogP contribution is 2.24. The highest BCUT2D eigenvalue weighted by atomic mass is 16.4. The van der Waals surface area contributed by atoms with Crippen LogP contribution in [0.15, 0.2) is 0 Å². The van der Waals surface area contributed by atoms with Gasteiger partial charge in [-0.25, -0.2) is 0 Å². The van der Waals surface area contributed by atoms with Gasteiger partial charge in [-0.2, -0.15) is 0 Å². The Balaban J connectivity index is 2.37. The predicted molar refractivity (Wildman–Crippen MR) is 51.6 cm³/mol. The molecule has 1 rings (SSSR count). The Kier molecular flexibility index (Phi) is 3.72. The second-order valence-electron chi connectivity index (χ2n) is 4.28. The second kappa shape index (κ2) is 4.61. The summed E-state index contributed by atoms with van der Waals surface area (Å²) in [4.78, 5) is 10.5. The maximum atomic E-state index is 10.5. The topological polar surface area (TPSA) is 49.3 Å². The molecule has 1 aliphatic heterocycles. The SMILES string of the molecule is CC(C)C1CCNC(CC(=O)O)C1. The van der Waals surface area contributed by atoms with Crippen molar-refractivity contribution in [2.24, 2.45) is 11.8 Å². The van der Waals surface area contributed by atoms with Crippen molar-refractivity contribution in [2.75, 3.05) is 6.54 Å². The summed E-state index contributed by atoms with van der Waals surface area (Å²) in [5, 5.41) is 11.9. The zero-order valence-corrected chi connectivity index (χ0v) is 8.42. The number of nitrogens with one attached hydrogen (secondary N) is 1. The van der Waals surface area contributed by atoms with E-state index < -0.39 is 5.97 Å². The van der Waals surface area contributed by atoms with Crippen molar-refractivity contribution >= 4 is 5.97 Å². The van der Waals surface area contributed by atoms with Crippen LogP contribution in [0.5, 0.6) is 0 Å². The number of aliphatic carboxylic acids is 1. The van der Waals surface area contributed by atoms with Crippen LogP contribution >= 0.6 is 0 Å². The first kappa shape index (κ1) is 10.5. The lowest BCUT2D eigenvalue weighted by atomic mass is 9.83. The molecular formula is C10H19NO2. The monoisotopic (exact) mass is 185 g/mol. The maximum Gasteiger partial charge on any atom is 0.304 e. The molecule has 0 aromatic carbocycles. The van der Waals surface area contributed by atoms with E-state index in [0.29, 0.717) is 11.8 Å². The van der Waals surface area contributed by atoms with Gasteiger partial charge in [-0.1, -0.05) is 13.8 Å². The highest BCUT2D eigenvalue weighted by Gasteiger charge is 2.24. The third kappa shape index (κ3) is 3.35. The summed E-state index contributed by atoms with van der Waals surface area (Å²) in [6, 6.07) is 0.193. The standard InChI is InChI=1S/C10H19NO2/c1-7(2)8-3-4-11-9(5-8)6-10(12)13/h7-9,11H,3-6H2,1-2H3,(H,12,13). The largest absolute Gasteiger partial charge is 0.481 e. The van der Waals surface area contributed by atoms with Crippen LogP contribution in [-0.2, 0) is 4.79 Å². The molecule has 2 atom stereocenters. The van der Waals surface area contributed by atoms with Crippen LogP contribution in [0.3, 0.4) is 0 Å². The molecule has 13 heavy (non-hydrogen) atoms. The van der Waals surface area contributed by atoms with Crippen LogP contribution in [0.1, 0.15) is 33.1 Å². The first-order chi connectivity index (χ1) is 6.09. The first-order valence-electron chi connectivity index (χ1n) is 5.04. The van der Waals surface area contributed by atoms with Gasteiger partial charge in [0, 0.05) is 6.04 Å². The van der Waals surface area contributed by atoms with Gasteiger partial charge in [-0.05, 0) is 31.2 Å². The highest BCUT2D eigenvalue weighted by molar-refractivity contribution is 5.67. The molecule has 0 aromatic heterocycles. The van der Waals surface area contributed by atoms with E-state index in [1.165, 1.54) is 6.42 Å². The molecule has 0 amide bonds. The van der Waals surface area contributed by atoms with Gasteiger partial charge in [0.15, 0.2) is 0 Å². The molecule has 1 fully saturated rings. The fourth-order valence-corrected chi connectivity index (χ4v) is 2.01. The van der Waals surface area contributed by atoms with E-state index >= 15 is 0 Å². The van der Waals surface area contributed by atoms with E-state index in [2.05, 4.69) is 19.2 Å². The van der Waals surface area contributed by atoms with Crippen LogP contribution in [0.2, 0.25) is 0 Å². The van der Waals surface area contributed by atoms with Crippen molar-refractivity contribution in [2.45, 2.75) is 39.2 Å². The number of carboxylic acid groups (broad SMARTS) is 1. The third-order valence-electron chi connectivity index (χ3n) is 2.90. The number of hydrogen-bond acceptors (Lipinski definition) is 2. The second-order valence-corrected chi connectivity index (χ2v) is 4.28. The van der Waals surface area contributed by atoms with Gasteiger partial charge in [0.2, 0.25) is 0 Å². The molecule has 76 valence electrons. The van der Waals surface area contributed by atoms with Gasteiger partial charge in [0.05, 0.1) is 6.42 Å². The lowest BCUT2D eigenvalue weighted by Crippen LogP contribution is -2.40. The van der Waals surface area contributed by atoms with E-state index in [1.807, 2.05) is 0 Å². The Bertz CT molecular complexity index is 180. The van der Waals surface area contributed by atoms with Crippen LogP contribution in [0.25, 0.3) is 0 Å². The predicted octanol–water partition coefficient (Wildman–Crippen LogP) is 1.49. The van der Waals surface area contributed by atoms with Crippen molar-refractivity contribution < 1.29 is 9.90 Å². The van der Waals surface area contributed by atoms with Gasteiger partial charge in [0.25, 0.3) is 0 Å². The molecule has 1 heterocycles. The lowest BCUT2D eigenvalue weighted by molar-refractivity contribution is -0.137. The average molecular weight is 185 g/mol. The minimum absolute atomic E-state index is 0.193. The zero-order valence-electron chi connectivity index (χ0n) is 8.42. The Morgan fingerprint density at radius 3 is 2.85 bits per heavy atom. The van der Waals surface area contributed by atoms with Crippen LogP contribution < -0.4 is 5.32 Å². The molecule has 2 unspecified atom stereocenters. The fourth-order valence-electron chi connectivity index (χ4n) is 2.01. The molecule has 2 N–H and O–H groups in total. The number of carboxylic acids is 1. The first-order valence-corrected chi connectivity index (χ1v) is 5.04. The van der Waals surface area contributed by atoms with Crippen LogP contribution in [0, 0.1) is 11.8 Å². The van der Waals surface area contributed by atoms with Crippen molar-refractivity contribution in [1.29, 1.82) is 0 Å². The number of hydrogen-bond donors (Lipinski definition) is 2. The summed E-state index contributed by atoms with van der Waals surface area (Å²) in [5.74, 6) is 0.686. The zero-order chi connectivity index (χ0) is 9.84. The maximum absolute atomic E-state index is 10.5. The minimum Gasteiger partial charge on any atom is -0.481 e. The summed E-state index contributed by atoms with van der Waals surface area (Å²) < 4.78 is 0. The van der Waals surface area contributed by atoms with Crippen LogP contribution in [0.4, 0.5) is 0 Å². The molecule has 0 radical (unpaired) electrons. The number of rotatable bonds is 3. The Morgan fingerprint density at radius 2 is 2.31 bits per heavy atom. The molecule has 0 saturated carbocycles. The van der Waals surface area contributed by atoms with E-state index in [1.54, 1.807) is 0 Å². The Morgan fingerprint density at radius 1 is 1.62 bits per heavy atom. The summed E-state index contributed by atoms with van der Waals surface area (Å²) in [7, 11) is 0. The van der Waals surface area contributed by atoms with Crippen molar-refractivity contribution in [3.63, 3.8) is 0 Å². The Labute approximate surface area is 79.5 Å². The average Bonchev–Trinajstić information content (AvgIpc) is 2.03. The normalized spacial score (nSPS) is 29.2. The summed E-state index contributed by atoms with van der Waals surface area (Å²) in [5.41, 5.74) is 0. The van der Waals surface area contributed by atoms with Gasteiger partial charge < -0.3 is 10.4 Å². The van der Waals surface area contributed by atoms with Crippen LogP contribution in [-0.4, -0.2) is 23.7 Å². The third-order valence-corrected chi connectivity index (χ3v) is 2.90. The number of piperidine rings is 1. The lowest BCUT2D eigenvalue weighted by Gasteiger charge is -2.31. The molecular weight excluding hydrogens is 166 g/mol. The quantitative estimate of drug-likeness (QED) is 0.700. The molecule has 0 bridgehead atoms. The van der Waals surface area contributed by atoms with Gasteiger partial charge >= 0.3 is 5.97 Å². The van der Waals surface area contributed by atoms with Crippen molar-refractivity contribution in [3.8, 4) is 0 Å². The number of carbonyl (C=O) groups is 1. The Hall–Kier alpha value is -0.570. The van der Waals surface area contributed by atoms with Crippen molar-refractivity contribution in [1.82, 2.24) is 5.32 Å². The molecule has 3 nitrogen and oxygen atoms in total. The molecule has 1 aliphatic rings. The van der Waals surface area contributed by atoms with Gasteiger partial charge in [0.1, 0.15) is 0 Å². The fraction of sp³-hybridized carbons (Fsp3) is 0.900. The summed E-state index contributed by atoms with van der Waals surface area (Å²) >= 11 is 0. The summed E-state index contributed by atoms with van der Waals surface area (Å²) in [6.07, 6.45) is 2.47. The molecule has 0 aliphatic carbocycles. The summed E-state index contributed by atoms with van der Waals surface area (Å²) in [6.45, 7) is 5.41. The van der Waals surface area contributed by atoms with Crippen molar-refractivity contribution in [3.05, 3.63) is 0 Å². The molecule has 0 aromatic rings. The van der Waals surface area contributed by atoms with E-state index in [-0.39, 0.29) is 12.5 Å². The minimum atomic E-state index is -0.693. The van der Waals surface area contributed by atoms with E-state index in [0.717, 1.165) is 13.0 Å².